The standard InChI is InChI=1S/C19H24N2O2/c1-20(15-17-9-5-3-6-10-17)16-19(22)21(2)13-14-23-18-11-7-4-8-12-18/h3-12H,13-16H2,1-2H3. The summed E-state index contributed by atoms with van der Waals surface area (Å²) in [5.41, 5.74) is 1.21. The third kappa shape index (κ3) is 6.12. The molecule has 0 aliphatic heterocycles. The molecule has 0 spiro atoms. The predicted octanol–water partition coefficient (Wildman–Crippen LogP) is 2.66. The van der Waals surface area contributed by atoms with Crippen molar-refractivity contribution in [3.8, 4) is 5.75 Å². The van der Waals surface area contributed by atoms with Crippen molar-refractivity contribution < 1.29 is 9.53 Å². The van der Waals surface area contributed by atoms with Crippen molar-refractivity contribution in [3.63, 3.8) is 0 Å². The molecule has 0 N–H and O–H groups in total. The molecule has 0 saturated carbocycles. The highest BCUT2D eigenvalue weighted by Gasteiger charge is 2.12. The summed E-state index contributed by atoms with van der Waals surface area (Å²) in [5, 5.41) is 0. The Hall–Kier alpha value is -2.33. The van der Waals surface area contributed by atoms with Gasteiger partial charge in [-0.1, -0.05) is 48.5 Å². The zero-order valence-electron chi connectivity index (χ0n) is 13.8. The SMILES string of the molecule is CN(CC(=O)N(C)CCOc1ccccc1)Cc1ccccc1. The molecule has 0 saturated heterocycles. The van der Waals surface area contributed by atoms with E-state index < -0.39 is 0 Å². The molecule has 1 amide bonds. The minimum Gasteiger partial charge on any atom is -0.492 e. The highest BCUT2D eigenvalue weighted by atomic mass is 16.5. The second-order valence-corrected chi connectivity index (χ2v) is 5.63. The second kappa shape index (κ2) is 8.96. The van der Waals surface area contributed by atoms with E-state index in [9.17, 15) is 4.79 Å². The predicted molar refractivity (Wildman–Crippen MR) is 92.4 cm³/mol. The Labute approximate surface area is 138 Å². The lowest BCUT2D eigenvalue weighted by atomic mass is 10.2. The summed E-state index contributed by atoms with van der Waals surface area (Å²) in [5.74, 6) is 0.926. The van der Waals surface area contributed by atoms with Gasteiger partial charge in [0.25, 0.3) is 0 Å². The highest BCUT2D eigenvalue weighted by molar-refractivity contribution is 5.77. The van der Waals surface area contributed by atoms with Crippen molar-refractivity contribution in [2.24, 2.45) is 0 Å². The average molecular weight is 312 g/mol. The van der Waals surface area contributed by atoms with E-state index in [1.807, 2.05) is 67.5 Å². The molecule has 0 bridgehead atoms. The van der Waals surface area contributed by atoms with Gasteiger partial charge in [0.2, 0.25) is 5.91 Å². The number of ether oxygens (including phenoxy) is 1. The number of likely N-dealkylation sites (N-methyl/N-ethyl adjacent to an activating group) is 2. The molecular formula is C19H24N2O2. The summed E-state index contributed by atoms with van der Waals surface area (Å²) in [7, 11) is 3.77. The Balaban J connectivity index is 1.70. The second-order valence-electron chi connectivity index (χ2n) is 5.63. The molecular weight excluding hydrogens is 288 g/mol. The Morgan fingerprint density at radius 3 is 2.22 bits per heavy atom. The maximum absolute atomic E-state index is 12.2. The van der Waals surface area contributed by atoms with Crippen LogP contribution in [-0.2, 0) is 11.3 Å². The quantitative estimate of drug-likeness (QED) is 0.751. The number of carbonyl (C=O) groups is 1. The topological polar surface area (TPSA) is 32.8 Å². The van der Waals surface area contributed by atoms with Crippen LogP contribution in [0.1, 0.15) is 5.56 Å². The zero-order chi connectivity index (χ0) is 16.5. The van der Waals surface area contributed by atoms with Gasteiger partial charge in [-0.05, 0) is 24.7 Å². The van der Waals surface area contributed by atoms with Gasteiger partial charge >= 0.3 is 0 Å². The van der Waals surface area contributed by atoms with Crippen LogP contribution in [0.2, 0.25) is 0 Å². The normalized spacial score (nSPS) is 10.6. The molecule has 0 aliphatic carbocycles. The Morgan fingerprint density at radius 1 is 0.957 bits per heavy atom. The molecule has 0 atom stereocenters. The molecule has 0 fully saturated rings. The van der Waals surface area contributed by atoms with Crippen LogP contribution in [0.25, 0.3) is 0 Å². The first-order valence-electron chi connectivity index (χ1n) is 7.79. The molecule has 0 aliphatic rings. The van der Waals surface area contributed by atoms with Crippen LogP contribution in [0.4, 0.5) is 0 Å². The third-order valence-electron chi connectivity index (χ3n) is 3.56. The lowest BCUT2D eigenvalue weighted by Gasteiger charge is -2.22. The van der Waals surface area contributed by atoms with Crippen molar-refractivity contribution in [1.29, 1.82) is 0 Å². The van der Waals surface area contributed by atoms with Crippen molar-refractivity contribution in [2.75, 3.05) is 33.8 Å². The van der Waals surface area contributed by atoms with Crippen molar-refractivity contribution in [1.82, 2.24) is 9.80 Å². The molecule has 2 aromatic rings. The van der Waals surface area contributed by atoms with Gasteiger partial charge in [-0.15, -0.1) is 0 Å². The smallest absolute Gasteiger partial charge is 0.236 e. The zero-order valence-corrected chi connectivity index (χ0v) is 13.8. The Bertz CT molecular complexity index is 587. The monoisotopic (exact) mass is 312 g/mol. The van der Waals surface area contributed by atoms with Crippen molar-refractivity contribution in [3.05, 3.63) is 66.2 Å². The molecule has 4 heteroatoms. The van der Waals surface area contributed by atoms with Gasteiger partial charge in [-0.3, -0.25) is 9.69 Å². The van der Waals surface area contributed by atoms with E-state index in [4.69, 9.17) is 4.74 Å². The largest absolute Gasteiger partial charge is 0.492 e. The summed E-state index contributed by atoms with van der Waals surface area (Å²) >= 11 is 0. The molecule has 2 rings (SSSR count). The van der Waals surface area contributed by atoms with E-state index in [0.29, 0.717) is 19.7 Å². The minimum atomic E-state index is 0.0973. The van der Waals surface area contributed by atoms with Crippen molar-refractivity contribution in [2.45, 2.75) is 6.54 Å². The molecule has 23 heavy (non-hydrogen) atoms. The summed E-state index contributed by atoms with van der Waals surface area (Å²) < 4.78 is 5.62. The van der Waals surface area contributed by atoms with E-state index in [-0.39, 0.29) is 5.91 Å². The number of amides is 1. The van der Waals surface area contributed by atoms with E-state index >= 15 is 0 Å². The number of rotatable bonds is 8. The first-order valence-corrected chi connectivity index (χ1v) is 7.79. The highest BCUT2D eigenvalue weighted by Crippen LogP contribution is 2.08. The fourth-order valence-corrected chi connectivity index (χ4v) is 2.24. The molecule has 4 nitrogen and oxygen atoms in total. The summed E-state index contributed by atoms with van der Waals surface area (Å²) in [4.78, 5) is 15.9. The van der Waals surface area contributed by atoms with E-state index in [0.717, 1.165) is 12.3 Å². The minimum absolute atomic E-state index is 0.0973. The van der Waals surface area contributed by atoms with Crippen molar-refractivity contribution >= 4 is 5.91 Å². The molecule has 122 valence electrons. The van der Waals surface area contributed by atoms with Crippen LogP contribution in [0, 0.1) is 0 Å². The van der Waals surface area contributed by atoms with Gasteiger partial charge in [0.1, 0.15) is 12.4 Å². The first-order chi connectivity index (χ1) is 11.1. The molecule has 0 unspecified atom stereocenters. The van der Waals surface area contributed by atoms with Crippen LogP contribution in [-0.4, -0.2) is 49.5 Å². The third-order valence-corrected chi connectivity index (χ3v) is 3.56. The van der Waals surface area contributed by atoms with E-state index in [2.05, 4.69) is 12.1 Å². The van der Waals surface area contributed by atoms with Gasteiger partial charge in [0, 0.05) is 13.6 Å². The van der Waals surface area contributed by atoms with E-state index in [1.165, 1.54) is 5.56 Å². The molecule has 0 radical (unpaired) electrons. The van der Waals surface area contributed by atoms with Gasteiger partial charge in [0.05, 0.1) is 13.1 Å². The molecule has 2 aromatic carbocycles. The number of benzene rings is 2. The van der Waals surface area contributed by atoms with Gasteiger partial charge in [-0.2, -0.15) is 0 Å². The van der Waals surface area contributed by atoms with Crippen LogP contribution in [0.5, 0.6) is 5.75 Å². The fourth-order valence-electron chi connectivity index (χ4n) is 2.24. The van der Waals surface area contributed by atoms with Crippen LogP contribution in [0.3, 0.4) is 0 Å². The maximum Gasteiger partial charge on any atom is 0.236 e. The van der Waals surface area contributed by atoms with Gasteiger partial charge in [0.15, 0.2) is 0 Å². The number of hydrogen-bond donors (Lipinski definition) is 0. The fraction of sp³-hybridized carbons (Fsp3) is 0.316. The number of carbonyl (C=O) groups excluding carboxylic acids is 1. The van der Waals surface area contributed by atoms with E-state index in [1.54, 1.807) is 4.90 Å². The molecule has 0 aromatic heterocycles. The lowest BCUT2D eigenvalue weighted by Crippen LogP contribution is -2.38. The van der Waals surface area contributed by atoms with Gasteiger partial charge < -0.3 is 9.64 Å². The lowest BCUT2D eigenvalue weighted by molar-refractivity contribution is -0.131. The molecule has 0 heterocycles. The number of para-hydroxylation sites is 1. The number of hydrogen-bond acceptors (Lipinski definition) is 3. The summed E-state index contributed by atoms with van der Waals surface area (Å²) in [6.45, 7) is 2.24. The summed E-state index contributed by atoms with van der Waals surface area (Å²) in [6.07, 6.45) is 0. The maximum atomic E-state index is 12.2. The summed E-state index contributed by atoms with van der Waals surface area (Å²) in [6, 6.07) is 19.8. The average Bonchev–Trinajstić information content (AvgIpc) is 2.56. The Kier molecular flexibility index (Phi) is 6.63. The number of nitrogens with zero attached hydrogens (tertiary/aromatic N) is 2. The Morgan fingerprint density at radius 2 is 1.57 bits per heavy atom. The van der Waals surface area contributed by atoms with Crippen LogP contribution >= 0.6 is 0 Å². The first kappa shape index (κ1) is 17.0. The van der Waals surface area contributed by atoms with Crippen LogP contribution < -0.4 is 4.74 Å². The van der Waals surface area contributed by atoms with Crippen LogP contribution in [0.15, 0.2) is 60.7 Å². The van der Waals surface area contributed by atoms with Gasteiger partial charge in [-0.25, -0.2) is 0 Å².